The van der Waals surface area contributed by atoms with Crippen LogP contribution >= 0.6 is 0 Å². The zero-order chi connectivity index (χ0) is 6.95. The molecule has 0 bridgehead atoms. The summed E-state index contributed by atoms with van der Waals surface area (Å²) in [6.07, 6.45) is 3.50. The second kappa shape index (κ2) is 11.4. The molecular weight excluding hydrogens is 143 g/mol. The third-order valence-electron chi connectivity index (χ3n) is 0.566. The Labute approximate surface area is 80.5 Å². The summed E-state index contributed by atoms with van der Waals surface area (Å²) in [5.41, 5.74) is 0. The van der Waals surface area contributed by atoms with Crippen LogP contribution in [0.2, 0.25) is 0 Å². The molecule has 0 aliphatic rings. The van der Waals surface area contributed by atoms with Crippen molar-refractivity contribution in [3.05, 3.63) is 40.7 Å². The molecule has 0 spiro atoms. The Morgan fingerprint density at radius 3 is 1.70 bits per heavy atom. The summed E-state index contributed by atoms with van der Waals surface area (Å²) in [5, 5.41) is 9.00. The first-order chi connectivity index (χ1) is 4.41. The van der Waals surface area contributed by atoms with Crippen LogP contribution < -0.4 is 29.6 Å². The van der Waals surface area contributed by atoms with Crippen LogP contribution in [0.25, 0.3) is 0 Å². The van der Waals surface area contributed by atoms with Crippen LogP contribution in [0.1, 0.15) is 0 Å². The molecule has 0 saturated heterocycles. The first-order valence-corrected chi connectivity index (χ1v) is 2.21. The van der Waals surface area contributed by atoms with Gasteiger partial charge in [-0.05, 0) is 12.1 Å². The Balaban J connectivity index is 0. The molecular formula is C5H5N2NaO2. The summed E-state index contributed by atoms with van der Waals surface area (Å²) in [6, 6.07) is 5.72. The van der Waals surface area contributed by atoms with Crippen molar-refractivity contribution in [3.8, 4) is 0 Å². The molecule has 4 nitrogen and oxygen atoms in total. The zero-order valence-electron chi connectivity index (χ0n) is 5.60. The van der Waals surface area contributed by atoms with Crippen molar-refractivity contribution < 1.29 is 29.6 Å². The van der Waals surface area contributed by atoms with Crippen molar-refractivity contribution >= 4 is 0 Å². The maximum atomic E-state index is 8.00. The summed E-state index contributed by atoms with van der Waals surface area (Å²) in [4.78, 5) is 11.8. The van der Waals surface area contributed by atoms with Gasteiger partial charge in [-0.1, -0.05) is 6.07 Å². The van der Waals surface area contributed by atoms with Crippen LogP contribution in [0, 0.1) is 10.1 Å². The SMILES string of the molecule is O=N[O-].[Na+].c1ccncc1. The predicted octanol–water partition coefficient (Wildman–Crippen LogP) is -1.66. The number of hydrogen-bond acceptors (Lipinski definition) is 4. The fraction of sp³-hybridized carbons (Fsp3) is 0. The molecule has 1 rings (SSSR count). The normalized spacial score (nSPS) is 6.00. The van der Waals surface area contributed by atoms with Crippen molar-refractivity contribution in [2.24, 2.45) is 5.34 Å². The van der Waals surface area contributed by atoms with E-state index in [-0.39, 0.29) is 29.6 Å². The maximum Gasteiger partial charge on any atom is 1.00 e. The van der Waals surface area contributed by atoms with E-state index in [1.54, 1.807) is 12.4 Å². The van der Waals surface area contributed by atoms with Crippen molar-refractivity contribution in [1.82, 2.24) is 4.98 Å². The average Bonchev–Trinajstić information content (AvgIpc) is 1.93. The van der Waals surface area contributed by atoms with Crippen molar-refractivity contribution in [2.45, 2.75) is 0 Å². The van der Waals surface area contributed by atoms with Crippen LogP contribution in [0.5, 0.6) is 0 Å². The van der Waals surface area contributed by atoms with Crippen molar-refractivity contribution in [1.29, 1.82) is 0 Å². The molecule has 10 heavy (non-hydrogen) atoms. The van der Waals surface area contributed by atoms with E-state index >= 15 is 0 Å². The molecule has 0 unspecified atom stereocenters. The summed E-state index contributed by atoms with van der Waals surface area (Å²) < 4.78 is 0. The molecule has 5 heteroatoms. The van der Waals surface area contributed by atoms with Gasteiger partial charge in [0.2, 0.25) is 0 Å². The minimum atomic E-state index is 0. The van der Waals surface area contributed by atoms with Gasteiger partial charge in [0.25, 0.3) is 0 Å². The van der Waals surface area contributed by atoms with Gasteiger partial charge in [0.15, 0.2) is 0 Å². The molecule has 1 aromatic rings. The fourth-order valence-electron chi connectivity index (χ4n) is 0.313. The van der Waals surface area contributed by atoms with E-state index in [2.05, 4.69) is 4.98 Å². The van der Waals surface area contributed by atoms with E-state index in [0.717, 1.165) is 5.34 Å². The van der Waals surface area contributed by atoms with E-state index in [9.17, 15) is 0 Å². The molecule has 48 valence electrons. The van der Waals surface area contributed by atoms with Crippen LogP contribution in [0.15, 0.2) is 35.9 Å². The van der Waals surface area contributed by atoms with E-state index in [0.29, 0.717) is 0 Å². The number of hydrogen-bond donors (Lipinski definition) is 0. The molecule has 0 N–H and O–H groups in total. The van der Waals surface area contributed by atoms with E-state index in [1.807, 2.05) is 18.2 Å². The Morgan fingerprint density at radius 1 is 1.20 bits per heavy atom. The van der Waals surface area contributed by atoms with E-state index in [1.165, 1.54) is 0 Å². The van der Waals surface area contributed by atoms with Crippen LogP contribution in [-0.2, 0) is 0 Å². The largest absolute Gasteiger partial charge is 1.00 e. The van der Waals surface area contributed by atoms with Gasteiger partial charge in [0, 0.05) is 12.4 Å². The molecule has 0 atom stereocenters. The van der Waals surface area contributed by atoms with Gasteiger partial charge < -0.3 is 10.1 Å². The zero-order valence-corrected chi connectivity index (χ0v) is 7.60. The number of rotatable bonds is 0. The molecule has 0 aliphatic carbocycles. The van der Waals surface area contributed by atoms with Gasteiger partial charge in [-0.15, -0.1) is 5.34 Å². The van der Waals surface area contributed by atoms with E-state index in [4.69, 9.17) is 10.1 Å². The van der Waals surface area contributed by atoms with Gasteiger partial charge in [-0.2, -0.15) is 0 Å². The van der Waals surface area contributed by atoms with Crippen molar-refractivity contribution in [3.63, 3.8) is 0 Å². The van der Waals surface area contributed by atoms with Gasteiger partial charge in [-0.25, -0.2) is 0 Å². The standard InChI is InChI=1S/C5H5N.HNO2.Na/c1-2-4-6-5-3-1;2-1-3;/h1-5H;(H,2,3);/q;;+1/p-1. The fourth-order valence-corrected chi connectivity index (χ4v) is 0.313. The molecule has 1 aromatic heterocycles. The predicted molar refractivity (Wildman–Crippen MR) is 33.4 cm³/mol. The Bertz CT molecular complexity index is 121. The molecule has 0 fully saturated rings. The van der Waals surface area contributed by atoms with Gasteiger partial charge in [0.05, 0.1) is 0 Å². The summed E-state index contributed by atoms with van der Waals surface area (Å²) >= 11 is 0. The third kappa shape index (κ3) is 10.5. The summed E-state index contributed by atoms with van der Waals surface area (Å²) in [7, 11) is 0. The monoisotopic (exact) mass is 148 g/mol. The second-order valence-corrected chi connectivity index (χ2v) is 1.10. The quantitative estimate of drug-likeness (QED) is 0.251. The number of aromatic nitrogens is 1. The topological polar surface area (TPSA) is 65.4 Å². The summed E-state index contributed by atoms with van der Waals surface area (Å²) in [5.74, 6) is 0. The smallest absolute Gasteiger partial charge is 0.444 e. The molecule has 0 amide bonds. The summed E-state index contributed by atoms with van der Waals surface area (Å²) in [6.45, 7) is 0. The molecule has 0 saturated carbocycles. The van der Waals surface area contributed by atoms with Gasteiger partial charge in [-0.3, -0.25) is 4.98 Å². The van der Waals surface area contributed by atoms with Crippen molar-refractivity contribution in [2.75, 3.05) is 0 Å². The molecule has 0 aliphatic heterocycles. The maximum absolute atomic E-state index is 8.00. The van der Waals surface area contributed by atoms with E-state index < -0.39 is 0 Å². The minimum absolute atomic E-state index is 0. The third-order valence-corrected chi connectivity index (χ3v) is 0.566. The minimum Gasteiger partial charge on any atom is -0.444 e. The van der Waals surface area contributed by atoms with Crippen LogP contribution in [0.3, 0.4) is 0 Å². The number of pyridine rings is 1. The Morgan fingerprint density at radius 2 is 1.60 bits per heavy atom. The number of nitrogens with zero attached hydrogens (tertiary/aromatic N) is 2. The Kier molecular flexibility index (Phi) is 13.9. The Hall–Kier alpha value is -0.450. The average molecular weight is 148 g/mol. The van der Waals surface area contributed by atoms with Crippen LogP contribution in [-0.4, -0.2) is 4.98 Å². The molecule has 1 heterocycles. The molecule has 0 aromatic carbocycles. The first kappa shape index (κ1) is 12.2. The van der Waals surface area contributed by atoms with Crippen LogP contribution in [0.4, 0.5) is 0 Å². The first-order valence-electron chi connectivity index (χ1n) is 2.21. The van der Waals surface area contributed by atoms with Gasteiger partial charge >= 0.3 is 29.6 Å². The molecule has 0 radical (unpaired) electrons. The van der Waals surface area contributed by atoms with Gasteiger partial charge in [0.1, 0.15) is 0 Å². The second-order valence-electron chi connectivity index (χ2n) is 1.10.